The number of aryl methyl sites for hydroxylation is 2. The van der Waals surface area contributed by atoms with E-state index in [2.05, 4.69) is 15.4 Å². The van der Waals surface area contributed by atoms with Crippen molar-refractivity contribution in [2.45, 2.75) is 18.7 Å². The number of anilines is 1. The molecule has 1 aromatic heterocycles. The molecule has 0 saturated carbocycles. The second-order valence-corrected chi connectivity index (χ2v) is 8.59. The van der Waals surface area contributed by atoms with Gasteiger partial charge in [-0.1, -0.05) is 12.1 Å². The van der Waals surface area contributed by atoms with Crippen molar-refractivity contribution in [2.24, 2.45) is 0 Å². The van der Waals surface area contributed by atoms with Crippen molar-refractivity contribution >= 4 is 27.5 Å². The predicted molar refractivity (Wildman–Crippen MR) is 117 cm³/mol. The molecule has 31 heavy (non-hydrogen) atoms. The van der Waals surface area contributed by atoms with E-state index in [1.165, 1.54) is 30.5 Å². The van der Waals surface area contributed by atoms with Gasteiger partial charge in [0.2, 0.25) is 0 Å². The van der Waals surface area contributed by atoms with Gasteiger partial charge < -0.3 is 15.1 Å². The van der Waals surface area contributed by atoms with Crippen molar-refractivity contribution in [3.05, 3.63) is 83.3 Å². The highest BCUT2D eigenvalue weighted by Gasteiger charge is 2.17. The van der Waals surface area contributed by atoms with Crippen molar-refractivity contribution in [1.82, 2.24) is 10.6 Å². The maximum atomic E-state index is 12.7. The van der Waals surface area contributed by atoms with E-state index in [1.54, 1.807) is 31.2 Å². The highest BCUT2D eigenvalue weighted by Crippen LogP contribution is 2.21. The summed E-state index contributed by atoms with van der Waals surface area (Å²) in [5.74, 6) is -0.499. The molecule has 3 N–H and O–H groups in total. The van der Waals surface area contributed by atoms with Crippen LogP contribution in [-0.2, 0) is 10.0 Å². The van der Waals surface area contributed by atoms with E-state index < -0.39 is 10.0 Å². The van der Waals surface area contributed by atoms with E-state index >= 15 is 0 Å². The summed E-state index contributed by atoms with van der Waals surface area (Å²) in [6.07, 6.45) is 1.41. The van der Waals surface area contributed by atoms with Gasteiger partial charge in [0.15, 0.2) is 5.76 Å². The molecule has 0 radical (unpaired) electrons. The summed E-state index contributed by atoms with van der Waals surface area (Å²) in [4.78, 5) is 24.2. The van der Waals surface area contributed by atoms with Crippen LogP contribution in [0, 0.1) is 13.8 Å². The molecule has 2 aromatic carbocycles. The predicted octanol–water partition coefficient (Wildman–Crippen LogP) is 2.86. The van der Waals surface area contributed by atoms with Crippen LogP contribution in [-0.4, -0.2) is 33.3 Å². The van der Waals surface area contributed by atoms with E-state index in [4.69, 9.17) is 4.42 Å². The lowest BCUT2D eigenvalue weighted by atomic mass is 10.2. The lowest BCUT2D eigenvalue weighted by Gasteiger charge is -2.12. The van der Waals surface area contributed by atoms with E-state index in [0.717, 1.165) is 5.56 Å². The number of amides is 2. The Morgan fingerprint density at radius 1 is 0.903 bits per heavy atom. The van der Waals surface area contributed by atoms with Crippen LogP contribution in [0.15, 0.2) is 70.2 Å². The van der Waals surface area contributed by atoms with Gasteiger partial charge >= 0.3 is 0 Å². The van der Waals surface area contributed by atoms with Gasteiger partial charge in [-0.25, -0.2) is 8.42 Å². The Morgan fingerprint density at radius 3 is 2.23 bits per heavy atom. The second-order valence-electron chi connectivity index (χ2n) is 6.94. The third-order valence-electron chi connectivity index (χ3n) is 4.47. The van der Waals surface area contributed by atoms with Crippen molar-refractivity contribution in [1.29, 1.82) is 0 Å². The molecule has 0 atom stereocenters. The zero-order chi connectivity index (χ0) is 22.4. The SMILES string of the molecule is Cc1ccc(C)c(S(=O)(=O)Nc2ccc(C(=O)NCCNC(=O)c3ccco3)cc2)c1. The first-order chi connectivity index (χ1) is 14.8. The van der Waals surface area contributed by atoms with Crippen LogP contribution in [0.2, 0.25) is 0 Å². The van der Waals surface area contributed by atoms with Gasteiger partial charge in [-0.05, 0) is 67.4 Å². The monoisotopic (exact) mass is 441 g/mol. The Bertz CT molecular complexity index is 1170. The molecule has 2 amide bonds. The van der Waals surface area contributed by atoms with Crippen molar-refractivity contribution < 1.29 is 22.4 Å². The maximum Gasteiger partial charge on any atom is 0.287 e. The van der Waals surface area contributed by atoms with Crippen LogP contribution in [0.4, 0.5) is 5.69 Å². The molecule has 0 bridgehead atoms. The quantitative estimate of drug-likeness (QED) is 0.465. The van der Waals surface area contributed by atoms with Gasteiger partial charge in [0.25, 0.3) is 21.8 Å². The smallest absolute Gasteiger partial charge is 0.287 e. The van der Waals surface area contributed by atoms with Crippen molar-refractivity contribution in [3.8, 4) is 0 Å². The summed E-state index contributed by atoms with van der Waals surface area (Å²) in [7, 11) is -3.74. The standard InChI is InChI=1S/C22H23N3O5S/c1-15-5-6-16(2)20(14-15)31(28,29)25-18-9-7-17(8-10-18)21(26)23-11-12-24-22(27)19-4-3-13-30-19/h3-10,13-14,25H,11-12H2,1-2H3,(H,23,26)(H,24,27). The average molecular weight is 442 g/mol. The molecular formula is C22H23N3O5S. The van der Waals surface area contributed by atoms with Crippen LogP contribution in [0.25, 0.3) is 0 Å². The number of carbonyl (C=O) groups is 2. The fourth-order valence-corrected chi connectivity index (χ4v) is 4.23. The van der Waals surface area contributed by atoms with Gasteiger partial charge in [0.05, 0.1) is 11.2 Å². The molecular weight excluding hydrogens is 418 g/mol. The molecule has 9 heteroatoms. The fourth-order valence-electron chi connectivity index (χ4n) is 2.85. The Morgan fingerprint density at radius 2 is 1.58 bits per heavy atom. The Kier molecular flexibility index (Phi) is 6.76. The topological polar surface area (TPSA) is 118 Å². The Balaban J connectivity index is 1.54. The normalized spacial score (nSPS) is 11.0. The summed E-state index contributed by atoms with van der Waals surface area (Å²) in [6.45, 7) is 4.03. The van der Waals surface area contributed by atoms with E-state index in [9.17, 15) is 18.0 Å². The fraction of sp³-hybridized carbons (Fsp3) is 0.182. The summed E-state index contributed by atoms with van der Waals surface area (Å²) in [6, 6.07) is 14.5. The minimum atomic E-state index is -3.74. The van der Waals surface area contributed by atoms with Crippen LogP contribution in [0.1, 0.15) is 32.0 Å². The van der Waals surface area contributed by atoms with Gasteiger partial charge in [0, 0.05) is 24.3 Å². The molecule has 3 rings (SSSR count). The molecule has 0 saturated heterocycles. The number of carbonyl (C=O) groups excluding carboxylic acids is 2. The van der Waals surface area contributed by atoms with Crippen LogP contribution >= 0.6 is 0 Å². The molecule has 0 aliphatic rings. The number of nitrogens with one attached hydrogen (secondary N) is 3. The zero-order valence-electron chi connectivity index (χ0n) is 17.1. The second kappa shape index (κ2) is 9.48. The van der Waals surface area contributed by atoms with Gasteiger partial charge in [0.1, 0.15) is 0 Å². The van der Waals surface area contributed by atoms with Crippen molar-refractivity contribution in [3.63, 3.8) is 0 Å². The first-order valence-corrected chi connectivity index (χ1v) is 11.0. The van der Waals surface area contributed by atoms with E-state index in [-0.39, 0.29) is 35.6 Å². The number of rotatable bonds is 8. The largest absolute Gasteiger partial charge is 0.459 e. The highest BCUT2D eigenvalue weighted by atomic mass is 32.2. The number of hydrogen-bond donors (Lipinski definition) is 3. The first-order valence-electron chi connectivity index (χ1n) is 9.56. The third kappa shape index (κ3) is 5.73. The third-order valence-corrected chi connectivity index (χ3v) is 6.00. The molecule has 0 fully saturated rings. The molecule has 8 nitrogen and oxygen atoms in total. The molecule has 162 valence electrons. The molecule has 0 aliphatic carbocycles. The summed E-state index contributed by atoms with van der Waals surface area (Å²) in [5.41, 5.74) is 2.21. The number of hydrogen-bond acceptors (Lipinski definition) is 5. The molecule has 0 spiro atoms. The molecule has 0 unspecified atom stereocenters. The maximum absolute atomic E-state index is 12.7. The minimum Gasteiger partial charge on any atom is -0.459 e. The van der Waals surface area contributed by atoms with Gasteiger partial charge in [-0.2, -0.15) is 0 Å². The molecule has 3 aromatic rings. The lowest BCUT2D eigenvalue weighted by Crippen LogP contribution is -2.34. The Labute approximate surface area is 180 Å². The van der Waals surface area contributed by atoms with Gasteiger partial charge in [-0.15, -0.1) is 0 Å². The number of furan rings is 1. The van der Waals surface area contributed by atoms with Crippen LogP contribution in [0.5, 0.6) is 0 Å². The molecule has 1 heterocycles. The first kappa shape index (κ1) is 22.1. The molecule has 0 aliphatic heterocycles. The number of benzene rings is 2. The van der Waals surface area contributed by atoms with Gasteiger partial charge in [-0.3, -0.25) is 14.3 Å². The minimum absolute atomic E-state index is 0.199. The summed E-state index contributed by atoms with van der Waals surface area (Å²) >= 11 is 0. The van der Waals surface area contributed by atoms with E-state index in [0.29, 0.717) is 16.8 Å². The van der Waals surface area contributed by atoms with E-state index in [1.807, 2.05) is 13.0 Å². The zero-order valence-corrected chi connectivity index (χ0v) is 18.0. The number of sulfonamides is 1. The van der Waals surface area contributed by atoms with Crippen LogP contribution in [0.3, 0.4) is 0 Å². The summed E-state index contributed by atoms with van der Waals surface area (Å²) < 4.78 is 32.9. The van der Waals surface area contributed by atoms with Crippen molar-refractivity contribution in [2.75, 3.05) is 17.8 Å². The highest BCUT2D eigenvalue weighted by molar-refractivity contribution is 7.92. The average Bonchev–Trinajstić information content (AvgIpc) is 3.28. The lowest BCUT2D eigenvalue weighted by molar-refractivity contribution is 0.0910. The van der Waals surface area contributed by atoms with Crippen LogP contribution < -0.4 is 15.4 Å². The Hall–Kier alpha value is -3.59. The summed E-state index contributed by atoms with van der Waals surface area (Å²) in [5, 5.41) is 5.31.